The maximum Gasteiger partial charge on any atom is 0.135 e. The Bertz CT molecular complexity index is 687. The van der Waals surface area contributed by atoms with Crippen molar-refractivity contribution >= 4 is 33.0 Å². The molecule has 0 atom stereocenters. The van der Waals surface area contributed by atoms with Crippen molar-refractivity contribution < 1.29 is 5.11 Å². The molecule has 2 N–H and O–H groups in total. The van der Waals surface area contributed by atoms with Crippen molar-refractivity contribution in [1.82, 2.24) is 9.88 Å². The molecule has 0 spiro atoms. The smallest absolute Gasteiger partial charge is 0.135 e. The third-order valence-electron chi connectivity index (χ3n) is 3.97. The number of aliphatic hydroxyl groups is 1. The Balaban J connectivity index is 1.76. The lowest BCUT2D eigenvalue weighted by Gasteiger charge is -2.18. The van der Waals surface area contributed by atoms with Crippen molar-refractivity contribution in [1.29, 1.82) is 5.41 Å². The summed E-state index contributed by atoms with van der Waals surface area (Å²) in [5, 5.41) is 19.4. The highest BCUT2D eigenvalue weighted by Crippen LogP contribution is 2.33. The van der Waals surface area contributed by atoms with Crippen LogP contribution in [0.4, 0.5) is 0 Å². The zero-order valence-electron chi connectivity index (χ0n) is 12.8. The van der Waals surface area contributed by atoms with E-state index in [0.29, 0.717) is 18.0 Å². The van der Waals surface area contributed by atoms with Gasteiger partial charge in [0.2, 0.25) is 0 Å². The van der Waals surface area contributed by atoms with Crippen molar-refractivity contribution in [2.75, 3.05) is 13.1 Å². The van der Waals surface area contributed by atoms with Gasteiger partial charge in [-0.05, 0) is 18.6 Å². The number of fused-ring (bicyclic) bond motifs is 1. The predicted octanol–water partition coefficient (Wildman–Crippen LogP) is 4.44. The highest BCUT2D eigenvalue weighted by atomic mass is 32.1. The minimum Gasteiger partial charge on any atom is -0.510 e. The van der Waals surface area contributed by atoms with E-state index in [1.54, 1.807) is 0 Å². The van der Waals surface area contributed by atoms with Crippen LogP contribution in [0.25, 0.3) is 15.8 Å². The van der Waals surface area contributed by atoms with E-state index >= 15 is 0 Å². The number of benzene rings is 1. The second-order valence-corrected chi connectivity index (χ2v) is 6.67. The fourth-order valence-corrected chi connectivity index (χ4v) is 3.79. The van der Waals surface area contributed by atoms with Gasteiger partial charge in [-0.15, -0.1) is 11.3 Å². The number of hydrogen-bond donors (Lipinski definition) is 2. The van der Waals surface area contributed by atoms with E-state index in [0.717, 1.165) is 28.2 Å². The van der Waals surface area contributed by atoms with Crippen LogP contribution in [0, 0.1) is 5.41 Å². The first kappa shape index (κ1) is 15.0. The molecule has 0 radical (unpaired) electrons. The van der Waals surface area contributed by atoms with E-state index in [-0.39, 0.29) is 5.76 Å². The zero-order valence-corrected chi connectivity index (χ0v) is 13.6. The van der Waals surface area contributed by atoms with Crippen molar-refractivity contribution in [2.24, 2.45) is 0 Å². The molecule has 0 unspecified atom stereocenters. The van der Waals surface area contributed by atoms with Crippen LogP contribution in [0.5, 0.6) is 0 Å². The Morgan fingerprint density at radius 1 is 1.27 bits per heavy atom. The number of unbranched alkanes of at least 4 members (excludes halogenated alkanes) is 3. The molecular weight excluding hydrogens is 294 g/mol. The van der Waals surface area contributed by atoms with Crippen LogP contribution in [-0.4, -0.2) is 33.9 Å². The summed E-state index contributed by atoms with van der Waals surface area (Å²) in [6.07, 6.45) is 4.68. The molecule has 3 rings (SSSR count). The molecule has 0 saturated carbocycles. The summed E-state index contributed by atoms with van der Waals surface area (Å²) >= 11 is 1.54. The van der Waals surface area contributed by atoms with Crippen LogP contribution in [-0.2, 0) is 0 Å². The molecule has 0 aliphatic carbocycles. The molecule has 0 fully saturated rings. The van der Waals surface area contributed by atoms with Gasteiger partial charge < -0.3 is 10.0 Å². The lowest BCUT2D eigenvalue weighted by molar-refractivity contribution is 0.345. The van der Waals surface area contributed by atoms with E-state index < -0.39 is 0 Å². The van der Waals surface area contributed by atoms with E-state index in [9.17, 15) is 5.11 Å². The number of nitrogens with one attached hydrogen (secondary N) is 1. The third-order valence-corrected chi connectivity index (χ3v) is 5.03. The quantitative estimate of drug-likeness (QED) is 0.775. The number of rotatable bonds is 6. The minimum atomic E-state index is 0.277. The van der Waals surface area contributed by atoms with Gasteiger partial charge in [-0.25, -0.2) is 4.98 Å². The van der Waals surface area contributed by atoms with E-state index in [1.165, 1.54) is 30.6 Å². The molecule has 1 aliphatic heterocycles. The van der Waals surface area contributed by atoms with Crippen molar-refractivity contribution in [3.8, 4) is 0 Å². The summed E-state index contributed by atoms with van der Waals surface area (Å²) in [7, 11) is 0. The Morgan fingerprint density at radius 3 is 2.86 bits per heavy atom. The molecule has 1 aliphatic rings. The van der Waals surface area contributed by atoms with Gasteiger partial charge >= 0.3 is 0 Å². The molecular formula is C17H21N3OS. The number of para-hydroxylation sites is 1. The fraction of sp³-hybridized carbons (Fsp3) is 0.412. The summed E-state index contributed by atoms with van der Waals surface area (Å²) in [6, 6.07) is 7.93. The number of amidine groups is 1. The molecule has 1 aromatic heterocycles. The molecule has 5 heteroatoms. The molecule has 0 saturated heterocycles. The highest BCUT2D eigenvalue weighted by molar-refractivity contribution is 7.19. The maximum atomic E-state index is 10.3. The molecule has 2 heterocycles. The van der Waals surface area contributed by atoms with Crippen molar-refractivity contribution in [2.45, 2.75) is 32.6 Å². The summed E-state index contributed by atoms with van der Waals surface area (Å²) in [5.74, 6) is 0.688. The van der Waals surface area contributed by atoms with Crippen LogP contribution in [0.3, 0.4) is 0 Å². The lowest BCUT2D eigenvalue weighted by Crippen LogP contribution is -2.27. The number of aromatic nitrogens is 1. The maximum absolute atomic E-state index is 10.3. The first-order valence-electron chi connectivity index (χ1n) is 7.82. The van der Waals surface area contributed by atoms with Gasteiger partial charge in [-0.3, -0.25) is 5.41 Å². The third kappa shape index (κ3) is 2.86. The molecule has 0 amide bonds. The summed E-state index contributed by atoms with van der Waals surface area (Å²) < 4.78 is 1.09. The second-order valence-electron chi connectivity index (χ2n) is 5.64. The van der Waals surface area contributed by atoms with Gasteiger partial charge in [0.15, 0.2) is 0 Å². The van der Waals surface area contributed by atoms with Crippen LogP contribution < -0.4 is 0 Å². The Hall–Kier alpha value is -1.88. The van der Waals surface area contributed by atoms with Crippen molar-refractivity contribution in [3.05, 3.63) is 35.0 Å². The number of aliphatic hydroxyl groups excluding tert-OH is 1. The van der Waals surface area contributed by atoms with Gasteiger partial charge in [0, 0.05) is 6.54 Å². The molecule has 4 nitrogen and oxygen atoms in total. The molecule has 22 heavy (non-hydrogen) atoms. The highest BCUT2D eigenvalue weighted by Gasteiger charge is 2.29. The van der Waals surface area contributed by atoms with Gasteiger partial charge in [0.25, 0.3) is 0 Å². The molecule has 116 valence electrons. The number of thiazole rings is 1. The Labute approximate surface area is 134 Å². The van der Waals surface area contributed by atoms with Gasteiger partial charge in [0.05, 0.1) is 22.3 Å². The average Bonchev–Trinajstić information content (AvgIpc) is 3.04. The predicted molar refractivity (Wildman–Crippen MR) is 92.6 cm³/mol. The SMILES string of the molecule is CCCCCCN1CC(O)=C(c2nc3ccccc3s2)C1=N. The van der Waals surface area contributed by atoms with Gasteiger partial charge in [-0.2, -0.15) is 0 Å². The normalized spacial score (nSPS) is 15.3. The lowest BCUT2D eigenvalue weighted by atomic mass is 10.2. The van der Waals surface area contributed by atoms with Gasteiger partial charge in [0.1, 0.15) is 16.6 Å². The average molecular weight is 315 g/mol. The number of nitrogens with zero attached hydrogens (tertiary/aromatic N) is 2. The van der Waals surface area contributed by atoms with Crippen LogP contribution in [0.2, 0.25) is 0 Å². The van der Waals surface area contributed by atoms with E-state index in [1.807, 2.05) is 29.2 Å². The number of hydrogen-bond acceptors (Lipinski definition) is 4. The van der Waals surface area contributed by atoms with E-state index in [2.05, 4.69) is 11.9 Å². The summed E-state index contributed by atoms with van der Waals surface area (Å²) in [4.78, 5) is 6.52. The first-order chi connectivity index (χ1) is 10.7. The fourth-order valence-electron chi connectivity index (χ4n) is 2.76. The Morgan fingerprint density at radius 2 is 2.09 bits per heavy atom. The minimum absolute atomic E-state index is 0.277. The van der Waals surface area contributed by atoms with Crippen LogP contribution in [0.1, 0.15) is 37.6 Å². The standard InChI is InChI=1S/C17H21N3OS/c1-2-3-4-7-10-20-11-13(21)15(16(20)18)17-19-12-8-5-6-9-14(12)22-17/h5-6,8-9,18,21H,2-4,7,10-11H2,1H3. The second kappa shape index (κ2) is 6.48. The molecule has 2 aromatic rings. The Kier molecular flexibility index (Phi) is 4.43. The van der Waals surface area contributed by atoms with Gasteiger partial charge in [-0.1, -0.05) is 38.3 Å². The molecule has 0 bridgehead atoms. The summed E-state index contributed by atoms with van der Waals surface area (Å²) in [6.45, 7) is 3.46. The molecule has 1 aromatic carbocycles. The topological polar surface area (TPSA) is 60.2 Å². The zero-order chi connectivity index (χ0) is 15.5. The van der Waals surface area contributed by atoms with Crippen LogP contribution >= 0.6 is 11.3 Å². The monoisotopic (exact) mass is 315 g/mol. The van der Waals surface area contributed by atoms with Crippen molar-refractivity contribution in [3.63, 3.8) is 0 Å². The summed E-state index contributed by atoms with van der Waals surface area (Å²) in [5.41, 5.74) is 1.54. The first-order valence-corrected chi connectivity index (χ1v) is 8.64. The van der Waals surface area contributed by atoms with Crippen LogP contribution in [0.15, 0.2) is 30.0 Å². The van der Waals surface area contributed by atoms with E-state index in [4.69, 9.17) is 5.41 Å². The largest absolute Gasteiger partial charge is 0.510 e.